The summed E-state index contributed by atoms with van der Waals surface area (Å²) in [5, 5.41) is 2.65. The number of nitrogens with zero attached hydrogens (tertiary/aromatic N) is 1. The van der Waals surface area contributed by atoms with E-state index in [9.17, 15) is 9.59 Å². The second kappa shape index (κ2) is 5.78. The van der Waals surface area contributed by atoms with Crippen LogP contribution in [0.2, 0.25) is 0 Å². The molecule has 0 aromatic heterocycles. The van der Waals surface area contributed by atoms with Gasteiger partial charge in [-0.1, -0.05) is 42.5 Å². The molecule has 0 saturated heterocycles. The summed E-state index contributed by atoms with van der Waals surface area (Å²) in [6.45, 7) is 2.73. The van der Waals surface area contributed by atoms with E-state index in [0.29, 0.717) is 11.3 Å². The molecule has 0 atom stereocenters. The first-order valence-corrected chi connectivity index (χ1v) is 8.88. The van der Waals surface area contributed by atoms with Crippen LogP contribution in [-0.2, 0) is 11.2 Å². The van der Waals surface area contributed by atoms with Crippen molar-refractivity contribution in [3.8, 4) is 0 Å². The first-order chi connectivity index (χ1) is 12.7. The molecule has 3 aliphatic rings. The summed E-state index contributed by atoms with van der Waals surface area (Å²) in [5.41, 5.74) is 7.61. The van der Waals surface area contributed by atoms with Crippen LogP contribution in [0.15, 0.2) is 54.6 Å². The highest BCUT2D eigenvalue weighted by Crippen LogP contribution is 2.32. The molecule has 1 amide bonds. The van der Waals surface area contributed by atoms with Gasteiger partial charge >= 0.3 is 0 Å². The summed E-state index contributed by atoms with van der Waals surface area (Å²) in [7, 11) is 0. The van der Waals surface area contributed by atoms with Gasteiger partial charge < -0.3 is 5.32 Å². The zero-order valence-electron chi connectivity index (χ0n) is 14.3. The second-order valence-electron chi connectivity index (χ2n) is 7.03. The number of carbonyl (C=O) groups excluding carboxylic acids is 2. The molecule has 26 heavy (non-hydrogen) atoms. The summed E-state index contributed by atoms with van der Waals surface area (Å²) in [5.74, 6) is -0.980. The summed E-state index contributed by atoms with van der Waals surface area (Å²) in [6, 6.07) is 14.2. The van der Waals surface area contributed by atoms with Gasteiger partial charge in [-0.15, -0.1) is 0 Å². The van der Waals surface area contributed by atoms with E-state index in [4.69, 9.17) is 0 Å². The van der Waals surface area contributed by atoms with Crippen molar-refractivity contribution >= 4 is 28.5 Å². The number of anilines is 1. The summed E-state index contributed by atoms with van der Waals surface area (Å²) in [6.07, 6.45) is 5.60. The Bertz CT molecular complexity index is 1020. The van der Waals surface area contributed by atoms with E-state index < -0.39 is 11.7 Å². The fraction of sp³-hybridized carbons (Fsp3) is 0.182. The molecular formula is C22H18N2O2. The third-order valence-electron chi connectivity index (χ3n) is 5.40. The summed E-state index contributed by atoms with van der Waals surface area (Å²) in [4.78, 5) is 25.7. The van der Waals surface area contributed by atoms with Crippen molar-refractivity contribution in [2.45, 2.75) is 6.42 Å². The van der Waals surface area contributed by atoms with Gasteiger partial charge in [0.25, 0.3) is 11.7 Å². The molecular weight excluding hydrogens is 324 g/mol. The zero-order valence-corrected chi connectivity index (χ0v) is 14.3. The number of allylic oxidation sites excluding steroid dienone is 1. The van der Waals surface area contributed by atoms with E-state index in [0.717, 1.165) is 31.6 Å². The predicted octanol–water partition coefficient (Wildman–Crippen LogP) is 3.16. The van der Waals surface area contributed by atoms with Gasteiger partial charge in [-0.3, -0.25) is 14.5 Å². The summed E-state index contributed by atoms with van der Waals surface area (Å²) < 4.78 is 0. The van der Waals surface area contributed by atoms with Crippen LogP contribution >= 0.6 is 0 Å². The molecule has 0 radical (unpaired) electrons. The lowest BCUT2D eigenvalue weighted by molar-refractivity contribution is -0.112. The van der Waals surface area contributed by atoms with Crippen LogP contribution in [0.3, 0.4) is 0 Å². The quantitative estimate of drug-likeness (QED) is 0.872. The highest BCUT2D eigenvalue weighted by molar-refractivity contribution is 6.51. The molecule has 1 aliphatic carbocycles. The molecule has 2 heterocycles. The van der Waals surface area contributed by atoms with Crippen LogP contribution in [0.4, 0.5) is 5.69 Å². The molecule has 1 N–H and O–H groups in total. The van der Waals surface area contributed by atoms with E-state index >= 15 is 0 Å². The first kappa shape index (κ1) is 15.3. The van der Waals surface area contributed by atoms with Crippen LogP contribution in [0.5, 0.6) is 0 Å². The lowest BCUT2D eigenvalue weighted by Crippen LogP contribution is -2.22. The van der Waals surface area contributed by atoms with E-state index in [2.05, 4.69) is 46.6 Å². The fourth-order valence-corrected chi connectivity index (χ4v) is 4.03. The van der Waals surface area contributed by atoms with Gasteiger partial charge in [-0.05, 0) is 46.4 Å². The van der Waals surface area contributed by atoms with Crippen LogP contribution in [0.1, 0.15) is 27.0 Å². The number of rotatable bonds is 3. The Balaban J connectivity index is 1.31. The monoisotopic (exact) mass is 342 g/mol. The Morgan fingerprint density at radius 3 is 2.81 bits per heavy atom. The minimum absolute atomic E-state index is 0.444. The third kappa shape index (κ3) is 2.42. The van der Waals surface area contributed by atoms with E-state index in [1.807, 2.05) is 12.1 Å². The van der Waals surface area contributed by atoms with Crippen molar-refractivity contribution < 1.29 is 9.59 Å². The number of benzene rings is 2. The Kier molecular flexibility index (Phi) is 3.40. The molecule has 0 unspecified atom stereocenters. The molecule has 0 fully saturated rings. The number of carbonyl (C=O) groups is 2. The van der Waals surface area contributed by atoms with Crippen molar-refractivity contribution in [2.24, 2.45) is 0 Å². The molecule has 0 spiro atoms. The number of hydrogen-bond donors (Lipinski definition) is 1. The smallest absolute Gasteiger partial charge is 0.296 e. The van der Waals surface area contributed by atoms with E-state index in [-0.39, 0.29) is 0 Å². The van der Waals surface area contributed by atoms with Crippen LogP contribution in [0.25, 0.3) is 11.1 Å². The molecule has 0 saturated carbocycles. The van der Waals surface area contributed by atoms with Crippen LogP contribution in [-0.4, -0.2) is 36.2 Å². The molecule has 128 valence electrons. The number of ketones is 1. The van der Waals surface area contributed by atoms with Gasteiger partial charge in [0.1, 0.15) is 0 Å². The molecule has 4 heteroatoms. The maximum absolute atomic E-state index is 11.7. The van der Waals surface area contributed by atoms with Gasteiger partial charge in [0.15, 0.2) is 0 Å². The van der Waals surface area contributed by atoms with Gasteiger partial charge in [0.2, 0.25) is 0 Å². The van der Waals surface area contributed by atoms with E-state index in [1.165, 1.54) is 22.3 Å². The fourth-order valence-electron chi connectivity index (χ4n) is 4.03. The Morgan fingerprint density at radius 2 is 1.88 bits per heavy atom. The number of amides is 1. The van der Waals surface area contributed by atoms with Crippen molar-refractivity contribution in [1.29, 1.82) is 0 Å². The second-order valence-corrected chi connectivity index (χ2v) is 7.03. The van der Waals surface area contributed by atoms with Gasteiger partial charge in [0, 0.05) is 19.6 Å². The Hall–Kier alpha value is -2.98. The minimum Gasteiger partial charge on any atom is -0.318 e. The largest absolute Gasteiger partial charge is 0.318 e. The Morgan fingerprint density at radius 1 is 1.00 bits per heavy atom. The maximum Gasteiger partial charge on any atom is 0.296 e. The summed E-state index contributed by atoms with van der Waals surface area (Å²) >= 11 is 0. The SMILES string of the molecule is O=C1Nc2cc(C3=CCN(CC4=CCc5ccccc54)C3)ccc2C1=O. The van der Waals surface area contributed by atoms with Crippen molar-refractivity contribution in [2.75, 3.05) is 25.0 Å². The molecule has 2 aromatic carbocycles. The molecule has 2 aromatic rings. The van der Waals surface area contributed by atoms with Crippen LogP contribution in [0, 0.1) is 0 Å². The number of hydrogen-bond acceptors (Lipinski definition) is 3. The van der Waals surface area contributed by atoms with Gasteiger partial charge in [-0.2, -0.15) is 0 Å². The lowest BCUT2D eigenvalue weighted by atomic mass is 10.0. The van der Waals surface area contributed by atoms with Gasteiger partial charge in [-0.25, -0.2) is 0 Å². The Labute approximate surface area is 151 Å². The molecule has 4 nitrogen and oxygen atoms in total. The number of nitrogens with one attached hydrogen (secondary N) is 1. The van der Waals surface area contributed by atoms with Crippen molar-refractivity contribution in [3.63, 3.8) is 0 Å². The standard InChI is InChI=1S/C22H18N2O2/c25-21-19-8-7-15(11-20(19)23-22(21)26)16-9-10-24(12-16)13-17-6-5-14-3-1-2-4-18(14)17/h1-4,6-9,11H,5,10,12-13H2,(H,23,25,26). The lowest BCUT2D eigenvalue weighted by Gasteiger charge is -2.18. The number of fused-ring (bicyclic) bond motifs is 2. The third-order valence-corrected chi connectivity index (χ3v) is 5.40. The molecule has 2 aliphatic heterocycles. The minimum atomic E-state index is -0.536. The normalized spacial score (nSPS) is 18.5. The zero-order chi connectivity index (χ0) is 17.7. The first-order valence-electron chi connectivity index (χ1n) is 8.88. The topological polar surface area (TPSA) is 49.4 Å². The van der Waals surface area contributed by atoms with Gasteiger partial charge in [0.05, 0.1) is 11.3 Å². The van der Waals surface area contributed by atoms with E-state index in [1.54, 1.807) is 6.07 Å². The van der Waals surface area contributed by atoms with Crippen molar-refractivity contribution in [1.82, 2.24) is 4.90 Å². The molecule has 5 rings (SSSR count). The average molecular weight is 342 g/mol. The average Bonchev–Trinajstić information content (AvgIpc) is 3.35. The molecule has 0 bridgehead atoms. The highest BCUT2D eigenvalue weighted by atomic mass is 16.2. The maximum atomic E-state index is 11.7. The van der Waals surface area contributed by atoms with Crippen LogP contribution < -0.4 is 5.32 Å². The number of Topliss-reactive ketones (excluding diaryl/α,β-unsaturated/α-hetero) is 1. The van der Waals surface area contributed by atoms with Crippen molar-refractivity contribution in [3.05, 3.63) is 76.9 Å². The highest BCUT2D eigenvalue weighted by Gasteiger charge is 2.28. The predicted molar refractivity (Wildman–Crippen MR) is 102 cm³/mol.